The molecule has 1 aromatic carbocycles. The predicted octanol–water partition coefficient (Wildman–Crippen LogP) is 1.07. The summed E-state index contributed by atoms with van der Waals surface area (Å²) in [6.45, 7) is 2.75. The van der Waals surface area contributed by atoms with Crippen molar-refractivity contribution in [3.63, 3.8) is 0 Å². The molecule has 11 heteroatoms. The molecule has 0 atom stereocenters. The first-order valence-corrected chi connectivity index (χ1v) is 12.3. The first kappa shape index (κ1) is 25.2. The lowest BCUT2D eigenvalue weighted by Gasteiger charge is -2.38. The zero-order valence-corrected chi connectivity index (χ0v) is 21.2. The van der Waals surface area contributed by atoms with E-state index in [1.807, 2.05) is 31.2 Å². The summed E-state index contributed by atoms with van der Waals surface area (Å²) in [4.78, 5) is 45.7. The molecule has 5 rings (SSSR count). The number of benzene rings is 1. The molecule has 1 aliphatic rings. The van der Waals surface area contributed by atoms with Crippen LogP contribution < -0.4 is 16.6 Å². The SMILES string of the molecule is Cc1ccc(CNC(=O)c2cc3cc(-c4cnn(C)c4)c(N)nc3n(CC(=O)N3CC(CO)C3)c2=O)cc1. The maximum atomic E-state index is 13.5. The van der Waals surface area contributed by atoms with Gasteiger partial charge in [0, 0.05) is 61.9 Å². The fourth-order valence-electron chi connectivity index (χ4n) is 4.52. The van der Waals surface area contributed by atoms with Crippen molar-refractivity contribution in [2.45, 2.75) is 20.0 Å². The third kappa shape index (κ3) is 4.88. The number of anilines is 1. The van der Waals surface area contributed by atoms with E-state index in [0.717, 1.165) is 16.7 Å². The number of hydrogen-bond acceptors (Lipinski definition) is 7. The minimum absolute atomic E-state index is 0.00148. The molecule has 4 aromatic rings. The second-order valence-electron chi connectivity index (χ2n) is 9.70. The third-order valence-corrected chi connectivity index (χ3v) is 6.79. The van der Waals surface area contributed by atoms with Crippen molar-refractivity contribution in [3.8, 4) is 11.1 Å². The number of hydrogen-bond donors (Lipinski definition) is 3. The highest BCUT2D eigenvalue weighted by Crippen LogP contribution is 2.28. The van der Waals surface area contributed by atoms with Crippen LogP contribution >= 0.6 is 0 Å². The van der Waals surface area contributed by atoms with Gasteiger partial charge in [0.15, 0.2) is 0 Å². The Morgan fingerprint density at radius 3 is 2.58 bits per heavy atom. The number of pyridine rings is 2. The van der Waals surface area contributed by atoms with E-state index in [1.165, 1.54) is 10.6 Å². The predicted molar refractivity (Wildman–Crippen MR) is 142 cm³/mol. The van der Waals surface area contributed by atoms with Gasteiger partial charge in [-0.1, -0.05) is 29.8 Å². The lowest BCUT2D eigenvalue weighted by molar-refractivity contribution is -0.139. The van der Waals surface area contributed by atoms with Gasteiger partial charge in [-0.25, -0.2) is 4.98 Å². The Balaban J connectivity index is 1.54. The topological polar surface area (TPSA) is 148 Å². The highest BCUT2D eigenvalue weighted by molar-refractivity contribution is 5.98. The van der Waals surface area contributed by atoms with Crippen molar-refractivity contribution in [3.05, 3.63) is 75.8 Å². The van der Waals surface area contributed by atoms with Crippen LogP contribution in [0.3, 0.4) is 0 Å². The molecule has 2 amide bonds. The van der Waals surface area contributed by atoms with Crippen LogP contribution in [-0.2, 0) is 24.9 Å². The molecule has 0 saturated carbocycles. The van der Waals surface area contributed by atoms with Crippen LogP contribution in [0, 0.1) is 12.8 Å². The molecule has 0 radical (unpaired) electrons. The average molecular weight is 516 g/mol. The molecular weight excluding hydrogens is 486 g/mol. The number of rotatable bonds is 7. The summed E-state index contributed by atoms with van der Waals surface area (Å²) in [6.07, 6.45) is 3.44. The highest BCUT2D eigenvalue weighted by Gasteiger charge is 2.31. The molecule has 196 valence electrons. The van der Waals surface area contributed by atoms with Gasteiger partial charge in [0.1, 0.15) is 23.6 Å². The van der Waals surface area contributed by atoms with Crippen LogP contribution in [0.2, 0.25) is 0 Å². The van der Waals surface area contributed by atoms with E-state index in [2.05, 4.69) is 15.4 Å². The maximum absolute atomic E-state index is 13.5. The normalized spacial score (nSPS) is 13.5. The van der Waals surface area contributed by atoms with Crippen molar-refractivity contribution >= 4 is 28.7 Å². The largest absolute Gasteiger partial charge is 0.396 e. The number of nitrogen functional groups attached to an aromatic ring is 1. The lowest BCUT2D eigenvalue weighted by atomic mass is 10.0. The zero-order valence-electron chi connectivity index (χ0n) is 21.2. The highest BCUT2D eigenvalue weighted by atomic mass is 16.3. The molecule has 4 N–H and O–H groups in total. The number of carbonyl (C=O) groups is 2. The number of nitrogens with one attached hydrogen (secondary N) is 1. The van der Waals surface area contributed by atoms with Crippen LogP contribution in [0.1, 0.15) is 21.5 Å². The first-order chi connectivity index (χ1) is 18.2. The van der Waals surface area contributed by atoms with E-state index < -0.39 is 11.5 Å². The summed E-state index contributed by atoms with van der Waals surface area (Å²) in [5.41, 5.74) is 9.07. The summed E-state index contributed by atoms with van der Waals surface area (Å²) >= 11 is 0. The molecule has 1 saturated heterocycles. The fraction of sp³-hybridized carbons (Fsp3) is 0.296. The van der Waals surface area contributed by atoms with Crippen molar-refractivity contribution in [2.24, 2.45) is 13.0 Å². The van der Waals surface area contributed by atoms with Gasteiger partial charge in [-0.05, 0) is 24.6 Å². The number of aromatic nitrogens is 4. The van der Waals surface area contributed by atoms with Gasteiger partial charge in [0.25, 0.3) is 11.5 Å². The van der Waals surface area contributed by atoms with Gasteiger partial charge in [0.05, 0.1) is 6.20 Å². The van der Waals surface area contributed by atoms with Crippen molar-refractivity contribution in [2.75, 3.05) is 25.4 Å². The summed E-state index contributed by atoms with van der Waals surface area (Å²) < 4.78 is 2.84. The van der Waals surface area contributed by atoms with E-state index in [4.69, 9.17) is 5.73 Å². The number of likely N-dealkylation sites (tertiary alicyclic amines) is 1. The number of fused-ring (bicyclic) bond motifs is 1. The van der Waals surface area contributed by atoms with E-state index in [1.54, 1.807) is 35.1 Å². The molecular formula is C27H29N7O4. The Labute approximate surface area is 218 Å². The first-order valence-electron chi connectivity index (χ1n) is 12.3. The maximum Gasteiger partial charge on any atom is 0.265 e. The molecule has 1 aliphatic heterocycles. The van der Waals surface area contributed by atoms with E-state index in [9.17, 15) is 19.5 Å². The monoisotopic (exact) mass is 515 g/mol. The molecule has 1 fully saturated rings. The molecule has 0 bridgehead atoms. The molecule has 11 nitrogen and oxygen atoms in total. The Morgan fingerprint density at radius 1 is 1.18 bits per heavy atom. The van der Waals surface area contributed by atoms with Crippen molar-refractivity contribution in [1.29, 1.82) is 0 Å². The van der Waals surface area contributed by atoms with Gasteiger partial charge >= 0.3 is 0 Å². The van der Waals surface area contributed by atoms with Gasteiger partial charge < -0.3 is 21.1 Å². The molecule has 0 spiro atoms. The number of nitrogens with two attached hydrogens (primary N) is 1. The van der Waals surface area contributed by atoms with E-state index >= 15 is 0 Å². The minimum atomic E-state index is -0.632. The van der Waals surface area contributed by atoms with Crippen LogP contribution in [0.25, 0.3) is 22.2 Å². The molecule has 38 heavy (non-hydrogen) atoms. The number of aliphatic hydroxyl groups is 1. The average Bonchev–Trinajstić information content (AvgIpc) is 3.30. The number of carbonyl (C=O) groups excluding carboxylic acids is 2. The van der Waals surface area contributed by atoms with Gasteiger partial charge in [0.2, 0.25) is 5.91 Å². The quantitative estimate of drug-likeness (QED) is 0.333. The van der Waals surface area contributed by atoms with E-state index in [-0.39, 0.29) is 48.5 Å². The zero-order chi connectivity index (χ0) is 27.0. The van der Waals surface area contributed by atoms with E-state index in [0.29, 0.717) is 24.0 Å². The van der Waals surface area contributed by atoms with Gasteiger partial charge in [-0.15, -0.1) is 0 Å². The number of aryl methyl sites for hydroxylation is 2. The smallest absolute Gasteiger partial charge is 0.265 e. The Hall–Kier alpha value is -4.51. The third-order valence-electron chi connectivity index (χ3n) is 6.79. The van der Waals surface area contributed by atoms with Crippen LogP contribution in [0.4, 0.5) is 5.82 Å². The summed E-state index contributed by atoms with van der Waals surface area (Å²) in [7, 11) is 1.78. The standard InChI is InChI=1S/C27H29N7O4/c1-16-3-5-17(6-4-16)9-29-26(37)22-8-19-7-21(20-10-30-32(2)13-20)24(28)31-25(19)34(27(22)38)14-23(36)33-11-18(12-33)15-35/h3-8,10,13,18,35H,9,11-12,14-15H2,1-2H3,(H2,28,31)(H,29,37). The molecule has 3 aromatic heterocycles. The van der Waals surface area contributed by atoms with Gasteiger partial charge in [-0.3, -0.25) is 23.6 Å². The van der Waals surface area contributed by atoms with Crippen LogP contribution in [0.5, 0.6) is 0 Å². The Morgan fingerprint density at radius 2 is 1.92 bits per heavy atom. The number of aliphatic hydroxyl groups excluding tert-OH is 1. The molecule has 4 heterocycles. The second kappa shape index (κ2) is 10.1. The van der Waals surface area contributed by atoms with Crippen LogP contribution in [0.15, 0.2) is 53.6 Å². The molecule has 0 aliphatic carbocycles. The fourth-order valence-corrected chi connectivity index (χ4v) is 4.52. The minimum Gasteiger partial charge on any atom is -0.396 e. The van der Waals surface area contributed by atoms with Crippen molar-refractivity contribution < 1.29 is 14.7 Å². The Bertz CT molecular complexity index is 1580. The Kier molecular flexibility index (Phi) is 6.68. The number of nitrogens with zero attached hydrogens (tertiary/aromatic N) is 5. The summed E-state index contributed by atoms with van der Waals surface area (Å²) in [6, 6.07) is 10.9. The molecule has 0 unspecified atom stereocenters. The van der Waals surface area contributed by atoms with Crippen molar-refractivity contribution in [1.82, 2.24) is 29.5 Å². The number of amides is 2. The van der Waals surface area contributed by atoms with Crippen LogP contribution in [-0.4, -0.2) is 60.8 Å². The van der Waals surface area contributed by atoms with Gasteiger partial charge in [-0.2, -0.15) is 5.10 Å². The summed E-state index contributed by atoms with van der Waals surface area (Å²) in [5, 5.41) is 16.8. The second-order valence-corrected chi connectivity index (χ2v) is 9.70. The lowest BCUT2D eigenvalue weighted by Crippen LogP contribution is -2.53. The summed E-state index contributed by atoms with van der Waals surface area (Å²) in [5.74, 6) is -0.649.